The van der Waals surface area contributed by atoms with Crippen LogP contribution in [-0.2, 0) is 4.74 Å². The maximum absolute atomic E-state index is 5.72. The van der Waals surface area contributed by atoms with Crippen molar-refractivity contribution in [1.29, 1.82) is 0 Å². The van der Waals surface area contributed by atoms with Crippen LogP contribution in [0.25, 0.3) is 0 Å². The number of hydrogen-bond donors (Lipinski definition) is 2. The van der Waals surface area contributed by atoms with Gasteiger partial charge in [-0.2, -0.15) is 0 Å². The molecule has 3 heteroatoms. The van der Waals surface area contributed by atoms with E-state index in [0.717, 1.165) is 19.5 Å². The Morgan fingerprint density at radius 3 is 2.89 bits per heavy atom. The van der Waals surface area contributed by atoms with Gasteiger partial charge in [-0.05, 0) is 13.0 Å². The molecule has 1 rings (SSSR count). The molecular weight excluding hydrogens is 116 g/mol. The summed E-state index contributed by atoms with van der Waals surface area (Å²) in [5.41, 5.74) is 5.72. The van der Waals surface area contributed by atoms with Gasteiger partial charge >= 0.3 is 0 Å². The van der Waals surface area contributed by atoms with Gasteiger partial charge in [0, 0.05) is 19.7 Å². The second kappa shape index (κ2) is 3.15. The van der Waals surface area contributed by atoms with Crippen LogP contribution in [0.2, 0.25) is 0 Å². The Morgan fingerprint density at radius 1 is 1.67 bits per heavy atom. The number of nitrogens with two attached hydrogens (primary N) is 1. The number of hydrogen-bond acceptors (Lipinski definition) is 3. The summed E-state index contributed by atoms with van der Waals surface area (Å²) in [6.07, 6.45) is 1.25. The molecule has 3 N–H and O–H groups in total. The molecule has 1 heterocycles. The second-order valence-corrected chi connectivity index (χ2v) is 2.43. The Balaban J connectivity index is 2.30. The van der Waals surface area contributed by atoms with Crippen molar-refractivity contribution < 1.29 is 4.74 Å². The number of rotatable bonds is 1. The lowest BCUT2D eigenvalue weighted by molar-refractivity contribution is 0.0646. The molecule has 0 unspecified atom stereocenters. The molecule has 0 aromatic carbocycles. The molecular formula is C6H14N2O. The Bertz CT molecular complexity index is 87.1. The lowest BCUT2D eigenvalue weighted by Gasteiger charge is -2.27. The first kappa shape index (κ1) is 6.99. The van der Waals surface area contributed by atoms with Crippen LogP contribution in [0.15, 0.2) is 0 Å². The first-order valence-electron chi connectivity index (χ1n) is 3.33. The van der Waals surface area contributed by atoms with E-state index in [1.54, 1.807) is 7.11 Å². The molecule has 0 aliphatic carbocycles. The quantitative estimate of drug-likeness (QED) is 0.494. The monoisotopic (exact) mass is 130 g/mol. The molecule has 0 aromatic rings. The van der Waals surface area contributed by atoms with E-state index in [-0.39, 0.29) is 12.1 Å². The largest absolute Gasteiger partial charge is 0.379 e. The van der Waals surface area contributed by atoms with E-state index >= 15 is 0 Å². The molecule has 1 aliphatic rings. The number of nitrogens with one attached hydrogen (secondary N) is 1. The molecule has 9 heavy (non-hydrogen) atoms. The highest BCUT2D eigenvalue weighted by Gasteiger charge is 2.19. The van der Waals surface area contributed by atoms with E-state index in [4.69, 9.17) is 10.5 Å². The van der Waals surface area contributed by atoms with Crippen molar-refractivity contribution in [2.75, 3.05) is 20.2 Å². The van der Waals surface area contributed by atoms with Gasteiger partial charge < -0.3 is 15.8 Å². The fraction of sp³-hybridized carbons (Fsp3) is 1.00. The summed E-state index contributed by atoms with van der Waals surface area (Å²) in [4.78, 5) is 0. The lowest BCUT2D eigenvalue weighted by atomic mass is 10.1. The fourth-order valence-corrected chi connectivity index (χ4v) is 1.11. The van der Waals surface area contributed by atoms with Gasteiger partial charge in [-0.3, -0.25) is 0 Å². The molecule has 0 saturated carbocycles. The molecule has 0 spiro atoms. The molecule has 0 radical (unpaired) electrons. The first-order valence-corrected chi connectivity index (χ1v) is 3.33. The number of ether oxygens (including phenoxy) is 1. The number of methoxy groups -OCH3 is 1. The predicted molar refractivity (Wildman–Crippen MR) is 36.3 cm³/mol. The molecule has 54 valence electrons. The topological polar surface area (TPSA) is 47.3 Å². The number of piperidine rings is 1. The van der Waals surface area contributed by atoms with Crippen LogP contribution in [0.5, 0.6) is 0 Å². The van der Waals surface area contributed by atoms with Crippen LogP contribution in [0.4, 0.5) is 0 Å². The summed E-state index contributed by atoms with van der Waals surface area (Å²) in [7, 11) is 1.71. The molecule has 0 bridgehead atoms. The summed E-state index contributed by atoms with van der Waals surface area (Å²) in [5.74, 6) is 0. The zero-order valence-electron chi connectivity index (χ0n) is 5.76. The van der Waals surface area contributed by atoms with Crippen LogP contribution in [0, 0.1) is 0 Å². The van der Waals surface area contributed by atoms with E-state index in [9.17, 15) is 0 Å². The minimum Gasteiger partial charge on any atom is -0.379 e. The smallest absolute Gasteiger partial charge is 0.0846 e. The van der Waals surface area contributed by atoms with Crippen molar-refractivity contribution in [3.63, 3.8) is 0 Å². The van der Waals surface area contributed by atoms with Gasteiger partial charge in [-0.25, -0.2) is 0 Å². The van der Waals surface area contributed by atoms with Crippen LogP contribution in [-0.4, -0.2) is 32.3 Å². The van der Waals surface area contributed by atoms with Gasteiger partial charge in [0.2, 0.25) is 0 Å². The van der Waals surface area contributed by atoms with E-state index in [1.165, 1.54) is 0 Å². The van der Waals surface area contributed by atoms with Crippen molar-refractivity contribution in [3.05, 3.63) is 0 Å². The Kier molecular flexibility index (Phi) is 2.45. The summed E-state index contributed by atoms with van der Waals surface area (Å²) in [6, 6.07) is 0.233. The van der Waals surface area contributed by atoms with E-state index in [1.807, 2.05) is 0 Å². The predicted octanol–water partition coefficient (Wildman–Crippen LogP) is -0.678. The fourth-order valence-electron chi connectivity index (χ4n) is 1.11. The van der Waals surface area contributed by atoms with Gasteiger partial charge in [-0.15, -0.1) is 0 Å². The summed E-state index contributed by atoms with van der Waals surface area (Å²) in [6.45, 7) is 1.93. The third-order valence-corrected chi connectivity index (χ3v) is 1.78. The van der Waals surface area contributed by atoms with E-state index in [0.29, 0.717) is 0 Å². The minimum atomic E-state index is 0.221. The van der Waals surface area contributed by atoms with Crippen molar-refractivity contribution in [2.45, 2.75) is 18.6 Å². The molecule has 1 aliphatic heterocycles. The zero-order valence-corrected chi connectivity index (χ0v) is 5.76. The van der Waals surface area contributed by atoms with Crippen LogP contribution < -0.4 is 11.1 Å². The van der Waals surface area contributed by atoms with Gasteiger partial charge in [-0.1, -0.05) is 0 Å². The Labute approximate surface area is 55.6 Å². The summed E-state index contributed by atoms with van der Waals surface area (Å²) < 4.78 is 5.12. The molecule has 3 nitrogen and oxygen atoms in total. The Morgan fingerprint density at radius 2 is 2.44 bits per heavy atom. The molecule has 2 atom stereocenters. The highest BCUT2D eigenvalue weighted by molar-refractivity contribution is 4.80. The first-order chi connectivity index (χ1) is 4.34. The maximum atomic E-state index is 5.72. The second-order valence-electron chi connectivity index (χ2n) is 2.43. The average Bonchev–Trinajstić information content (AvgIpc) is 1.89. The highest BCUT2D eigenvalue weighted by Crippen LogP contribution is 2.02. The van der Waals surface area contributed by atoms with Gasteiger partial charge in [0.1, 0.15) is 0 Å². The Hall–Kier alpha value is -0.120. The molecule has 0 aromatic heterocycles. The third kappa shape index (κ3) is 1.64. The highest BCUT2D eigenvalue weighted by atomic mass is 16.5. The van der Waals surface area contributed by atoms with Crippen LogP contribution in [0.1, 0.15) is 6.42 Å². The minimum absolute atomic E-state index is 0.221. The van der Waals surface area contributed by atoms with E-state index in [2.05, 4.69) is 5.32 Å². The van der Waals surface area contributed by atoms with Gasteiger partial charge in [0.25, 0.3) is 0 Å². The van der Waals surface area contributed by atoms with Crippen molar-refractivity contribution in [2.24, 2.45) is 5.73 Å². The zero-order chi connectivity index (χ0) is 6.69. The van der Waals surface area contributed by atoms with Gasteiger partial charge in [0.15, 0.2) is 0 Å². The summed E-state index contributed by atoms with van der Waals surface area (Å²) in [5, 5.41) is 3.21. The van der Waals surface area contributed by atoms with Crippen molar-refractivity contribution in [3.8, 4) is 0 Å². The van der Waals surface area contributed by atoms with E-state index < -0.39 is 0 Å². The standard InChI is InChI=1S/C6H14N2O/c1-9-6-4-8-3-2-5(6)7/h5-6,8H,2-4,7H2,1H3/t5-,6-/m0/s1. The molecule has 0 amide bonds. The average molecular weight is 130 g/mol. The maximum Gasteiger partial charge on any atom is 0.0846 e. The van der Waals surface area contributed by atoms with Crippen LogP contribution in [0.3, 0.4) is 0 Å². The van der Waals surface area contributed by atoms with Crippen molar-refractivity contribution in [1.82, 2.24) is 5.32 Å². The van der Waals surface area contributed by atoms with Crippen molar-refractivity contribution >= 4 is 0 Å². The lowest BCUT2D eigenvalue weighted by Crippen LogP contribution is -2.49. The van der Waals surface area contributed by atoms with Gasteiger partial charge in [0.05, 0.1) is 6.10 Å². The van der Waals surface area contributed by atoms with Crippen LogP contribution >= 0.6 is 0 Å². The molecule has 1 saturated heterocycles. The summed E-state index contributed by atoms with van der Waals surface area (Å²) >= 11 is 0. The third-order valence-electron chi connectivity index (χ3n) is 1.78. The SMILES string of the molecule is CO[C@H]1CNCC[C@@H]1N. The molecule has 1 fully saturated rings. The normalized spacial score (nSPS) is 36.7.